The molecule has 1 amide bonds. The molecule has 0 atom stereocenters. The van der Waals surface area contributed by atoms with Gasteiger partial charge in [-0.15, -0.1) is 0 Å². The average molecular weight is 228 g/mol. The Labute approximate surface area is 92.2 Å². The highest BCUT2D eigenvalue weighted by Gasteiger charge is 2.30. The van der Waals surface area contributed by atoms with Gasteiger partial charge in [0.15, 0.2) is 5.17 Å². The lowest BCUT2D eigenvalue weighted by Gasteiger charge is -2.05. The standard InChI is InChI=1S/C9H12N2O3S/c1-4-10-9-11(2)8(13)6(15-9)5-7(12)14-3/h5H,4H2,1-3H3. The fourth-order valence-electron chi connectivity index (χ4n) is 0.993. The predicted octanol–water partition coefficient (Wildman–Crippen LogP) is 0.624. The second kappa shape index (κ2) is 4.97. The van der Waals surface area contributed by atoms with Crippen LogP contribution in [0.15, 0.2) is 16.0 Å². The number of hydrogen-bond donors (Lipinski definition) is 0. The molecule has 1 heterocycles. The summed E-state index contributed by atoms with van der Waals surface area (Å²) >= 11 is 1.18. The third-order valence-electron chi connectivity index (χ3n) is 1.75. The van der Waals surface area contributed by atoms with Crippen LogP contribution in [0.25, 0.3) is 0 Å². The van der Waals surface area contributed by atoms with E-state index in [1.54, 1.807) is 7.05 Å². The Morgan fingerprint density at radius 3 is 2.87 bits per heavy atom. The van der Waals surface area contributed by atoms with Crippen molar-refractivity contribution in [1.29, 1.82) is 0 Å². The Balaban J connectivity index is 2.89. The number of ether oxygens (including phenoxy) is 1. The maximum atomic E-state index is 11.6. The van der Waals surface area contributed by atoms with Crippen molar-refractivity contribution in [3.05, 3.63) is 11.0 Å². The molecule has 1 rings (SSSR count). The SMILES string of the molecule is CCN=C1SC(=CC(=O)OC)C(=O)N1C. The summed E-state index contributed by atoms with van der Waals surface area (Å²) in [7, 11) is 2.90. The van der Waals surface area contributed by atoms with Crippen molar-refractivity contribution >= 4 is 28.8 Å². The summed E-state index contributed by atoms with van der Waals surface area (Å²) in [6, 6.07) is 0. The molecule has 82 valence electrons. The summed E-state index contributed by atoms with van der Waals surface area (Å²) in [6.45, 7) is 2.49. The van der Waals surface area contributed by atoms with Gasteiger partial charge in [0.2, 0.25) is 0 Å². The number of esters is 1. The second-order valence-electron chi connectivity index (χ2n) is 2.75. The van der Waals surface area contributed by atoms with Gasteiger partial charge in [-0.05, 0) is 18.7 Å². The summed E-state index contributed by atoms with van der Waals surface area (Å²) in [5.74, 6) is -0.755. The topological polar surface area (TPSA) is 59.0 Å². The molecule has 6 heteroatoms. The maximum absolute atomic E-state index is 11.6. The van der Waals surface area contributed by atoms with E-state index in [1.807, 2.05) is 6.92 Å². The predicted molar refractivity (Wildman–Crippen MR) is 58.4 cm³/mol. The zero-order valence-electron chi connectivity index (χ0n) is 8.81. The highest BCUT2D eigenvalue weighted by atomic mass is 32.2. The lowest BCUT2D eigenvalue weighted by atomic mass is 10.4. The molecule has 5 nitrogen and oxygen atoms in total. The maximum Gasteiger partial charge on any atom is 0.331 e. The van der Waals surface area contributed by atoms with E-state index in [2.05, 4.69) is 9.73 Å². The molecule has 0 aromatic heterocycles. The molecule has 0 unspecified atom stereocenters. The number of amides is 1. The van der Waals surface area contributed by atoms with Gasteiger partial charge in [-0.25, -0.2) is 4.79 Å². The van der Waals surface area contributed by atoms with Gasteiger partial charge in [0, 0.05) is 19.7 Å². The van der Waals surface area contributed by atoms with Crippen molar-refractivity contribution < 1.29 is 14.3 Å². The minimum atomic E-state index is -0.531. The number of carbonyl (C=O) groups is 2. The van der Waals surface area contributed by atoms with Crippen LogP contribution in [0, 0.1) is 0 Å². The molecule has 15 heavy (non-hydrogen) atoms. The van der Waals surface area contributed by atoms with E-state index in [0.29, 0.717) is 16.6 Å². The van der Waals surface area contributed by atoms with Gasteiger partial charge in [0.05, 0.1) is 12.0 Å². The molecular formula is C9H12N2O3S. The minimum absolute atomic E-state index is 0.224. The van der Waals surface area contributed by atoms with Crippen molar-refractivity contribution in [1.82, 2.24) is 4.90 Å². The lowest BCUT2D eigenvalue weighted by Crippen LogP contribution is -2.24. The first-order valence-electron chi connectivity index (χ1n) is 4.40. The van der Waals surface area contributed by atoms with Gasteiger partial charge in [-0.1, -0.05) is 0 Å². The van der Waals surface area contributed by atoms with Crippen molar-refractivity contribution in [2.75, 3.05) is 20.7 Å². The molecule has 0 radical (unpaired) electrons. The third-order valence-corrected chi connectivity index (χ3v) is 2.85. The van der Waals surface area contributed by atoms with Crippen molar-refractivity contribution in [2.24, 2.45) is 4.99 Å². The van der Waals surface area contributed by atoms with Crippen LogP contribution >= 0.6 is 11.8 Å². The van der Waals surface area contributed by atoms with Gasteiger partial charge >= 0.3 is 5.97 Å². The number of carbonyl (C=O) groups excluding carboxylic acids is 2. The Kier molecular flexibility index (Phi) is 3.90. The number of aliphatic imine (C=N–C) groups is 1. The summed E-state index contributed by atoms with van der Waals surface area (Å²) in [5, 5.41) is 0.609. The van der Waals surface area contributed by atoms with Gasteiger partial charge in [-0.2, -0.15) is 0 Å². The van der Waals surface area contributed by atoms with Crippen LogP contribution in [-0.2, 0) is 14.3 Å². The number of thioether (sulfide) groups is 1. The molecule has 0 saturated carbocycles. The molecule has 1 aliphatic heterocycles. The molecule has 0 N–H and O–H groups in total. The van der Waals surface area contributed by atoms with Crippen molar-refractivity contribution in [3.8, 4) is 0 Å². The Morgan fingerprint density at radius 1 is 1.67 bits per heavy atom. The third kappa shape index (κ3) is 2.59. The molecule has 1 fully saturated rings. The molecular weight excluding hydrogens is 216 g/mol. The van der Waals surface area contributed by atoms with Crippen molar-refractivity contribution in [3.63, 3.8) is 0 Å². The van der Waals surface area contributed by atoms with Crippen LogP contribution in [0.2, 0.25) is 0 Å². The van der Waals surface area contributed by atoms with Gasteiger partial charge in [-0.3, -0.25) is 14.7 Å². The molecule has 1 saturated heterocycles. The van der Waals surface area contributed by atoms with E-state index >= 15 is 0 Å². The molecule has 0 spiro atoms. The summed E-state index contributed by atoms with van der Waals surface area (Å²) < 4.78 is 4.45. The van der Waals surface area contributed by atoms with Gasteiger partial charge in [0.25, 0.3) is 5.91 Å². The van der Waals surface area contributed by atoms with Crippen LogP contribution in [0.4, 0.5) is 0 Å². The normalized spacial score (nSPS) is 21.5. The zero-order chi connectivity index (χ0) is 11.4. The van der Waals surface area contributed by atoms with E-state index < -0.39 is 5.97 Å². The molecule has 0 aromatic rings. The molecule has 0 bridgehead atoms. The van der Waals surface area contributed by atoms with Crippen LogP contribution < -0.4 is 0 Å². The van der Waals surface area contributed by atoms with E-state index in [9.17, 15) is 9.59 Å². The summed E-state index contributed by atoms with van der Waals surface area (Å²) in [5.41, 5.74) is 0. The number of amidine groups is 1. The zero-order valence-corrected chi connectivity index (χ0v) is 9.63. The average Bonchev–Trinajstić information content (AvgIpc) is 2.47. The molecule has 1 aliphatic rings. The van der Waals surface area contributed by atoms with E-state index in [0.717, 1.165) is 0 Å². The first-order chi connectivity index (χ1) is 7.10. The largest absolute Gasteiger partial charge is 0.466 e. The van der Waals surface area contributed by atoms with E-state index in [-0.39, 0.29) is 5.91 Å². The summed E-state index contributed by atoms with van der Waals surface area (Å²) in [4.78, 5) is 28.4. The van der Waals surface area contributed by atoms with E-state index in [4.69, 9.17) is 0 Å². The monoisotopic (exact) mass is 228 g/mol. The second-order valence-corrected chi connectivity index (χ2v) is 3.76. The summed E-state index contributed by atoms with van der Waals surface area (Å²) in [6.07, 6.45) is 1.18. The Bertz CT molecular complexity index is 349. The first-order valence-corrected chi connectivity index (χ1v) is 5.21. The number of hydrogen-bond acceptors (Lipinski definition) is 5. The van der Waals surface area contributed by atoms with E-state index in [1.165, 1.54) is 29.8 Å². The van der Waals surface area contributed by atoms with Crippen LogP contribution in [0.1, 0.15) is 6.92 Å². The van der Waals surface area contributed by atoms with Crippen LogP contribution in [0.3, 0.4) is 0 Å². The lowest BCUT2D eigenvalue weighted by molar-refractivity contribution is -0.135. The fourth-order valence-corrected chi connectivity index (χ4v) is 1.98. The quantitative estimate of drug-likeness (QED) is 0.513. The Hall–Kier alpha value is -1.30. The van der Waals surface area contributed by atoms with Crippen molar-refractivity contribution in [2.45, 2.75) is 6.92 Å². The number of methoxy groups -OCH3 is 1. The van der Waals surface area contributed by atoms with Crippen LogP contribution in [0.5, 0.6) is 0 Å². The van der Waals surface area contributed by atoms with Gasteiger partial charge in [0.1, 0.15) is 0 Å². The molecule has 0 aromatic carbocycles. The smallest absolute Gasteiger partial charge is 0.331 e. The highest BCUT2D eigenvalue weighted by molar-refractivity contribution is 8.18. The molecule has 0 aliphatic carbocycles. The van der Waals surface area contributed by atoms with Gasteiger partial charge < -0.3 is 4.74 Å². The number of likely N-dealkylation sites (N-methyl/N-ethyl adjacent to an activating group) is 1. The Morgan fingerprint density at radius 2 is 2.33 bits per heavy atom. The van der Waals surface area contributed by atoms with Crippen LogP contribution in [-0.4, -0.2) is 42.6 Å². The minimum Gasteiger partial charge on any atom is -0.466 e. The number of nitrogens with zero attached hydrogens (tertiary/aromatic N) is 2. The fraction of sp³-hybridized carbons (Fsp3) is 0.444. The highest BCUT2D eigenvalue weighted by Crippen LogP contribution is 2.29. The number of rotatable bonds is 2. The first kappa shape index (κ1) is 11.8.